The lowest BCUT2D eigenvalue weighted by atomic mass is 10.1. The first kappa shape index (κ1) is 42.2. The molecule has 0 aliphatic carbocycles. The summed E-state index contributed by atoms with van der Waals surface area (Å²) in [5, 5.41) is 3.33. The van der Waals surface area contributed by atoms with Crippen molar-refractivity contribution in [2.24, 2.45) is 0 Å². The Morgan fingerprint density at radius 2 is 1.26 bits per heavy atom. The second-order valence-electron chi connectivity index (χ2n) is 9.48. The van der Waals surface area contributed by atoms with Gasteiger partial charge in [-0.15, -0.1) is 5.06 Å². The minimum absolute atomic E-state index is 0.0206. The molecular weight excluding hydrogens is 969 g/mol. The number of rotatable bonds is 15. The molecule has 1 rings (SSSR count). The smallest absolute Gasteiger partial charge is 0.333 e. The molecular formula is C28H33I3N2O14. The topological polar surface area (TPSA) is 207 Å². The average Bonchev–Trinajstić information content (AvgIpc) is 2.94. The van der Waals surface area contributed by atoms with E-state index in [9.17, 15) is 38.4 Å². The predicted octanol–water partition coefficient (Wildman–Crippen LogP) is 2.87. The number of esters is 5. The molecule has 1 aromatic rings. The van der Waals surface area contributed by atoms with Crippen molar-refractivity contribution in [2.75, 3.05) is 24.9 Å². The molecule has 0 heterocycles. The second-order valence-corrected chi connectivity index (χ2v) is 12.7. The lowest BCUT2D eigenvalue weighted by Gasteiger charge is -2.29. The second kappa shape index (κ2) is 20.5. The van der Waals surface area contributed by atoms with Crippen molar-refractivity contribution in [3.63, 3.8) is 0 Å². The maximum Gasteiger partial charge on any atom is 0.333 e. The normalized spacial score (nSPS) is 11.7. The molecule has 1 N–H and O–H groups in total. The fraction of sp³-hybridized carbons (Fsp3) is 0.500. The minimum atomic E-state index is -1.29. The van der Waals surface area contributed by atoms with E-state index < -0.39 is 73.0 Å². The van der Waals surface area contributed by atoms with Crippen LogP contribution in [0.3, 0.4) is 0 Å². The molecule has 0 fully saturated rings. The van der Waals surface area contributed by atoms with Gasteiger partial charge in [0, 0.05) is 54.2 Å². The number of carbonyl (C=O) groups is 8. The van der Waals surface area contributed by atoms with Crippen LogP contribution in [0.2, 0.25) is 0 Å². The number of hydrogen-bond acceptors (Lipinski definition) is 14. The van der Waals surface area contributed by atoms with Crippen molar-refractivity contribution >= 4 is 121 Å². The van der Waals surface area contributed by atoms with Crippen molar-refractivity contribution in [3.05, 3.63) is 21.8 Å². The lowest BCUT2D eigenvalue weighted by molar-refractivity contribution is -0.160. The van der Waals surface area contributed by atoms with E-state index >= 15 is 0 Å². The van der Waals surface area contributed by atoms with Crippen molar-refractivity contribution < 1.29 is 66.9 Å². The zero-order chi connectivity index (χ0) is 36.0. The van der Waals surface area contributed by atoms with Crippen LogP contribution >= 0.6 is 67.8 Å². The zero-order valence-electron chi connectivity index (χ0n) is 26.2. The number of hydrogen-bond donors (Lipinski definition) is 1. The molecule has 1 aromatic carbocycles. The van der Waals surface area contributed by atoms with Gasteiger partial charge in [0.1, 0.15) is 31.5 Å². The van der Waals surface area contributed by atoms with E-state index in [0.29, 0.717) is 8.63 Å². The number of amides is 2. The van der Waals surface area contributed by atoms with E-state index in [-0.39, 0.29) is 50.0 Å². The van der Waals surface area contributed by atoms with Crippen LogP contribution in [0.15, 0.2) is 0 Å². The van der Waals surface area contributed by atoms with Crippen molar-refractivity contribution in [3.8, 4) is 0 Å². The highest BCUT2D eigenvalue weighted by molar-refractivity contribution is 14.1. The summed E-state index contributed by atoms with van der Waals surface area (Å²) in [7, 11) is 0. The number of hydroxylamine groups is 1. The summed E-state index contributed by atoms with van der Waals surface area (Å²) in [5.41, 5.74) is 0.197. The first-order valence-corrected chi connectivity index (χ1v) is 16.8. The summed E-state index contributed by atoms with van der Waals surface area (Å²) in [5.74, 6) is -5.78. The Labute approximate surface area is 310 Å². The molecule has 2 atom stereocenters. The molecule has 0 aliphatic rings. The van der Waals surface area contributed by atoms with Gasteiger partial charge in [-0.25, -0.2) is 4.79 Å². The van der Waals surface area contributed by atoms with Gasteiger partial charge in [-0.05, 0) is 74.2 Å². The van der Waals surface area contributed by atoms with Gasteiger partial charge >= 0.3 is 35.8 Å². The van der Waals surface area contributed by atoms with Crippen LogP contribution in [-0.2, 0) is 68.7 Å². The number of ether oxygens (including phenoxy) is 5. The van der Waals surface area contributed by atoms with E-state index in [1.807, 2.05) is 45.2 Å². The van der Waals surface area contributed by atoms with Gasteiger partial charge in [0.25, 0.3) is 11.8 Å². The van der Waals surface area contributed by atoms with Crippen LogP contribution in [0.4, 0.5) is 5.69 Å². The molecule has 0 saturated carbocycles. The Balaban J connectivity index is 3.75. The molecule has 19 heteroatoms. The Morgan fingerprint density at radius 3 is 1.77 bits per heavy atom. The lowest BCUT2D eigenvalue weighted by Crippen LogP contribution is -2.50. The Hall–Kier alpha value is -2.83. The fourth-order valence-corrected chi connectivity index (χ4v) is 7.97. The van der Waals surface area contributed by atoms with Crippen LogP contribution in [-0.4, -0.2) is 79.6 Å². The van der Waals surface area contributed by atoms with E-state index in [1.165, 1.54) is 13.8 Å². The molecule has 0 spiro atoms. The molecule has 260 valence electrons. The third-order valence-corrected chi connectivity index (χ3v) is 8.95. The van der Waals surface area contributed by atoms with Crippen LogP contribution in [0, 0.1) is 10.7 Å². The van der Waals surface area contributed by atoms with Crippen molar-refractivity contribution in [2.45, 2.75) is 73.1 Å². The van der Waals surface area contributed by atoms with Gasteiger partial charge in [-0.2, -0.15) is 0 Å². The van der Waals surface area contributed by atoms with Crippen LogP contribution in [0.5, 0.6) is 0 Å². The monoisotopic (exact) mass is 1000 g/mol. The van der Waals surface area contributed by atoms with Gasteiger partial charge in [0.2, 0.25) is 0 Å². The highest BCUT2D eigenvalue weighted by Crippen LogP contribution is 2.39. The summed E-state index contributed by atoms with van der Waals surface area (Å²) in [6.45, 7) is 5.49. The number of nitrogens with one attached hydrogen (secondary N) is 1. The molecule has 0 aliphatic heterocycles. The number of anilines is 1. The maximum atomic E-state index is 14.0. The van der Waals surface area contributed by atoms with Gasteiger partial charge in [0.05, 0.1) is 22.2 Å². The summed E-state index contributed by atoms with van der Waals surface area (Å²) < 4.78 is 26.1. The highest BCUT2D eigenvalue weighted by Gasteiger charge is 2.34. The summed E-state index contributed by atoms with van der Waals surface area (Å²) in [6.07, 6.45) is -1.41. The number of carbonyl (C=O) groups excluding carboxylic acids is 8. The third-order valence-electron chi connectivity index (χ3n) is 5.54. The van der Waals surface area contributed by atoms with E-state index in [1.54, 1.807) is 22.6 Å². The van der Waals surface area contributed by atoms with Gasteiger partial charge in [0.15, 0.2) is 6.10 Å². The van der Waals surface area contributed by atoms with E-state index in [4.69, 9.17) is 28.5 Å². The van der Waals surface area contributed by atoms with E-state index in [2.05, 4.69) is 5.32 Å². The van der Waals surface area contributed by atoms with Crippen LogP contribution in [0.1, 0.15) is 70.3 Å². The largest absolute Gasteiger partial charge is 0.466 e. The maximum absolute atomic E-state index is 14.0. The summed E-state index contributed by atoms with van der Waals surface area (Å²) >= 11 is 5.50. The first-order chi connectivity index (χ1) is 21.9. The molecule has 0 aromatic heterocycles. The van der Waals surface area contributed by atoms with Crippen LogP contribution < -0.4 is 10.4 Å². The van der Waals surface area contributed by atoms with Crippen molar-refractivity contribution in [1.82, 2.24) is 5.32 Å². The summed E-state index contributed by atoms with van der Waals surface area (Å²) in [4.78, 5) is 103. The molecule has 2 amide bonds. The zero-order valence-corrected chi connectivity index (χ0v) is 32.7. The Morgan fingerprint density at radius 1 is 0.702 bits per heavy atom. The van der Waals surface area contributed by atoms with Gasteiger partial charge in [-0.3, -0.25) is 33.6 Å². The van der Waals surface area contributed by atoms with Gasteiger partial charge in [-0.1, -0.05) is 0 Å². The molecule has 0 bridgehead atoms. The molecule has 0 saturated heterocycles. The SMILES string of the molecule is CC(=O)OCCCC(=O)ON(C(C)=O)c1c(I)c(COC(C)=O)c(I)c(C(=O)NC(COC(C)=O)C(COC(C)=O)OC(C)=O)c1I. The number of halogens is 3. The first-order valence-electron chi connectivity index (χ1n) is 13.6. The molecule has 47 heavy (non-hydrogen) atoms. The standard InChI is InChI=1S/C28H33I3N2O14/c1-13(34)33(47-22(40)8-7-9-42-14(2)35)27-25(30)19(10-43-15(3)36)24(29)23(26(27)31)28(41)32-20(11-44-16(4)37)21(46-18(6)39)12-45-17(5)38/h20-21H,7-12H2,1-6H3,(H,32,41). The van der Waals surface area contributed by atoms with E-state index in [0.717, 1.165) is 27.7 Å². The number of nitrogens with zero attached hydrogens (tertiary/aromatic N) is 1. The Kier molecular flexibility index (Phi) is 18.4. The van der Waals surface area contributed by atoms with Crippen molar-refractivity contribution in [1.29, 1.82) is 0 Å². The fourth-order valence-electron chi connectivity index (χ4n) is 3.56. The Bertz CT molecular complexity index is 1400. The predicted molar refractivity (Wildman–Crippen MR) is 185 cm³/mol. The molecule has 16 nitrogen and oxygen atoms in total. The third kappa shape index (κ3) is 14.4. The van der Waals surface area contributed by atoms with Gasteiger partial charge < -0.3 is 33.8 Å². The highest BCUT2D eigenvalue weighted by atomic mass is 127. The molecule has 0 radical (unpaired) electrons. The minimum Gasteiger partial charge on any atom is -0.466 e. The molecule has 2 unspecified atom stereocenters. The number of benzene rings is 1. The van der Waals surface area contributed by atoms with Crippen LogP contribution in [0.25, 0.3) is 0 Å². The average molecular weight is 1000 g/mol. The summed E-state index contributed by atoms with van der Waals surface area (Å²) in [6, 6.07) is -1.24. The quantitative estimate of drug-likeness (QED) is 0.0883.